The van der Waals surface area contributed by atoms with Crippen molar-refractivity contribution in [3.63, 3.8) is 0 Å². The number of hydrogen-bond donors (Lipinski definition) is 1. The van der Waals surface area contributed by atoms with Gasteiger partial charge in [-0.3, -0.25) is 9.59 Å². The van der Waals surface area contributed by atoms with E-state index in [0.717, 1.165) is 6.42 Å². The highest BCUT2D eigenvalue weighted by atomic mass is 19.3. The van der Waals surface area contributed by atoms with Gasteiger partial charge in [-0.1, -0.05) is 13.8 Å². The van der Waals surface area contributed by atoms with E-state index in [1.54, 1.807) is 11.0 Å². The third-order valence-electron chi connectivity index (χ3n) is 5.00. The first kappa shape index (κ1) is 18.3. The Morgan fingerprint density at radius 3 is 2.69 bits per heavy atom. The molecule has 2 N–H and O–H groups in total. The second kappa shape index (κ2) is 6.34. The van der Waals surface area contributed by atoms with Gasteiger partial charge in [0.05, 0.1) is 11.3 Å². The average molecular weight is 365 g/mol. The van der Waals surface area contributed by atoms with Crippen LogP contribution in [-0.4, -0.2) is 41.3 Å². The number of halogens is 2. The van der Waals surface area contributed by atoms with E-state index in [2.05, 4.69) is 9.72 Å². The van der Waals surface area contributed by atoms with E-state index in [1.165, 1.54) is 18.3 Å². The summed E-state index contributed by atoms with van der Waals surface area (Å²) in [7, 11) is 0. The summed E-state index contributed by atoms with van der Waals surface area (Å²) in [4.78, 5) is 30.3. The van der Waals surface area contributed by atoms with Crippen LogP contribution >= 0.6 is 0 Å². The number of ether oxygens (including phenoxy) is 1. The molecule has 1 atom stereocenters. The molecule has 3 rings (SSSR count). The number of likely N-dealkylation sites (tertiary alicyclic amines) is 1. The fourth-order valence-corrected chi connectivity index (χ4v) is 3.98. The molecule has 1 aliphatic carbocycles. The standard InChI is InChI=1S/C18H21F2N3O3/c1-17(2)9-18(7-12(21)14(17)24)5-6-23(10-18)15(25)11-3-4-13(22-8-11)26-16(19)20/h3-4,7-8,16H,5-6,9-10,21H2,1-2H3/t18-/m1/s1. The second-order valence-corrected chi connectivity index (χ2v) is 7.59. The lowest BCUT2D eigenvalue weighted by molar-refractivity contribution is -0.125. The lowest BCUT2D eigenvalue weighted by Crippen LogP contribution is -2.42. The Morgan fingerprint density at radius 1 is 1.38 bits per heavy atom. The van der Waals surface area contributed by atoms with Gasteiger partial charge in [0.2, 0.25) is 5.88 Å². The normalized spacial score (nSPS) is 24.9. The van der Waals surface area contributed by atoms with E-state index in [-0.39, 0.29) is 28.7 Å². The maximum absolute atomic E-state index is 12.7. The molecular weight excluding hydrogens is 344 g/mol. The molecule has 140 valence electrons. The largest absolute Gasteiger partial charge is 0.417 e. The topological polar surface area (TPSA) is 85.5 Å². The SMILES string of the molecule is CC1(C)C[C@]2(C=C(N)C1=O)CCN(C(=O)c1ccc(OC(F)F)nc1)C2. The smallest absolute Gasteiger partial charge is 0.388 e. The van der Waals surface area contributed by atoms with Crippen LogP contribution in [0.5, 0.6) is 5.88 Å². The molecule has 6 nitrogen and oxygen atoms in total. The molecule has 2 aliphatic rings. The lowest BCUT2D eigenvalue weighted by Gasteiger charge is -2.39. The number of pyridine rings is 1. The minimum atomic E-state index is -2.96. The molecule has 1 amide bonds. The quantitative estimate of drug-likeness (QED) is 0.889. The summed E-state index contributed by atoms with van der Waals surface area (Å²) >= 11 is 0. The number of ketones is 1. The molecule has 0 aromatic carbocycles. The Labute approximate surface area is 150 Å². The fraction of sp³-hybridized carbons (Fsp3) is 0.500. The minimum Gasteiger partial charge on any atom is -0.417 e. The van der Waals surface area contributed by atoms with E-state index < -0.39 is 12.0 Å². The van der Waals surface area contributed by atoms with Gasteiger partial charge in [-0.15, -0.1) is 0 Å². The number of hydrogen-bond acceptors (Lipinski definition) is 5. The van der Waals surface area contributed by atoms with Crippen molar-refractivity contribution in [2.45, 2.75) is 33.3 Å². The van der Waals surface area contributed by atoms with Crippen molar-refractivity contribution >= 4 is 11.7 Å². The van der Waals surface area contributed by atoms with Crippen LogP contribution in [0, 0.1) is 10.8 Å². The van der Waals surface area contributed by atoms with Gasteiger partial charge in [0.15, 0.2) is 5.78 Å². The molecular formula is C18H21F2N3O3. The second-order valence-electron chi connectivity index (χ2n) is 7.59. The van der Waals surface area contributed by atoms with Crippen molar-refractivity contribution in [3.8, 4) is 5.88 Å². The van der Waals surface area contributed by atoms with Crippen molar-refractivity contribution in [3.05, 3.63) is 35.7 Å². The predicted molar refractivity (Wildman–Crippen MR) is 89.5 cm³/mol. The van der Waals surface area contributed by atoms with E-state index in [9.17, 15) is 18.4 Å². The molecule has 8 heteroatoms. The van der Waals surface area contributed by atoms with Gasteiger partial charge < -0.3 is 15.4 Å². The van der Waals surface area contributed by atoms with Crippen molar-refractivity contribution in [2.75, 3.05) is 13.1 Å². The van der Waals surface area contributed by atoms with Gasteiger partial charge in [0.1, 0.15) is 0 Å². The van der Waals surface area contributed by atoms with Gasteiger partial charge in [0, 0.05) is 36.2 Å². The first-order valence-electron chi connectivity index (χ1n) is 8.35. The van der Waals surface area contributed by atoms with Crippen LogP contribution in [0.1, 0.15) is 37.0 Å². The molecule has 0 unspecified atom stereocenters. The van der Waals surface area contributed by atoms with Crippen molar-refractivity contribution in [1.82, 2.24) is 9.88 Å². The van der Waals surface area contributed by atoms with Crippen LogP contribution in [0.15, 0.2) is 30.1 Å². The van der Waals surface area contributed by atoms with Gasteiger partial charge >= 0.3 is 6.61 Å². The van der Waals surface area contributed by atoms with Crippen molar-refractivity contribution in [2.24, 2.45) is 16.6 Å². The minimum absolute atomic E-state index is 0.0632. The number of aromatic nitrogens is 1. The van der Waals surface area contributed by atoms with Crippen molar-refractivity contribution < 1.29 is 23.1 Å². The number of allylic oxidation sites excluding steroid dienone is 1. The monoisotopic (exact) mass is 365 g/mol. The summed E-state index contributed by atoms with van der Waals surface area (Å²) in [5, 5.41) is 0. The van der Waals surface area contributed by atoms with Gasteiger partial charge in [-0.05, 0) is 25.0 Å². The number of carbonyl (C=O) groups is 2. The highest BCUT2D eigenvalue weighted by Gasteiger charge is 2.48. The van der Waals surface area contributed by atoms with E-state index in [1.807, 2.05) is 13.8 Å². The number of nitrogens with zero attached hydrogens (tertiary/aromatic N) is 2. The molecule has 0 saturated carbocycles. The number of carbonyl (C=O) groups excluding carboxylic acids is 2. The molecule has 1 fully saturated rings. The van der Waals surface area contributed by atoms with Crippen LogP contribution in [0.3, 0.4) is 0 Å². The summed E-state index contributed by atoms with van der Waals surface area (Å²) < 4.78 is 28.5. The molecule has 1 aromatic heterocycles. The Morgan fingerprint density at radius 2 is 2.12 bits per heavy atom. The fourth-order valence-electron chi connectivity index (χ4n) is 3.98. The number of alkyl halides is 2. The zero-order valence-electron chi connectivity index (χ0n) is 14.7. The Bertz CT molecular complexity index is 761. The van der Waals surface area contributed by atoms with Gasteiger partial charge in [-0.25, -0.2) is 4.98 Å². The number of Topliss-reactive ketones (excluding diaryl/α,β-unsaturated/α-hetero) is 1. The molecule has 1 aliphatic heterocycles. The number of amides is 1. The molecule has 1 spiro atoms. The summed E-state index contributed by atoms with van der Waals surface area (Å²) in [6.45, 7) is 1.76. The predicted octanol–water partition coefficient (Wildman–Crippen LogP) is 2.36. The van der Waals surface area contributed by atoms with Crippen molar-refractivity contribution in [1.29, 1.82) is 0 Å². The maximum Gasteiger partial charge on any atom is 0.388 e. The highest BCUT2D eigenvalue weighted by Crippen LogP contribution is 2.47. The van der Waals surface area contributed by atoms with Crippen LogP contribution in [0.25, 0.3) is 0 Å². The summed E-state index contributed by atoms with van der Waals surface area (Å²) in [5.41, 5.74) is 5.60. The summed E-state index contributed by atoms with van der Waals surface area (Å²) in [6.07, 6.45) is 4.37. The molecule has 1 saturated heterocycles. The Kier molecular flexibility index (Phi) is 4.46. The summed E-state index contributed by atoms with van der Waals surface area (Å²) in [5.74, 6) is -0.538. The maximum atomic E-state index is 12.7. The van der Waals surface area contributed by atoms with Gasteiger partial charge in [0.25, 0.3) is 5.91 Å². The Hall–Kier alpha value is -2.51. The number of rotatable bonds is 3. The van der Waals surface area contributed by atoms with Crippen LogP contribution in [0.4, 0.5) is 8.78 Å². The lowest BCUT2D eigenvalue weighted by atomic mass is 9.65. The first-order chi connectivity index (χ1) is 12.1. The van der Waals surface area contributed by atoms with E-state index in [4.69, 9.17) is 5.73 Å². The van der Waals surface area contributed by atoms with E-state index in [0.29, 0.717) is 25.1 Å². The van der Waals surface area contributed by atoms with Crippen LogP contribution in [-0.2, 0) is 4.79 Å². The third-order valence-corrected chi connectivity index (χ3v) is 5.00. The molecule has 0 radical (unpaired) electrons. The molecule has 1 aromatic rings. The van der Waals surface area contributed by atoms with Crippen LogP contribution in [0.2, 0.25) is 0 Å². The average Bonchev–Trinajstić information content (AvgIpc) is 2.95. The third kappa shape index (κ3) is 3.40. The first-order valence-corrected chi connectivity index (χ1v) is 8.35. The zero-order valence-corrected chi connectivity index (χ0v) is 14.7. The molecule has 26 heavy (non-hydrogen) atoms. The Balaban J connectivity index is 1.74. The zero-order chi connectivity index (χ0) is 19.1. The number of nitrogens with two attached hydrogens (primary N) is 1. The summed E-state index contributed by atoms with van der Waals surface area (Å²) in [6, 6.07) is 2.65. The van der Waals surface area contributed by atoms with Crippen LogP contribution < -0.4 is 10.5 Å². The molecule has 0 bridgehead atoms. The van der Waals surface area contributed by atoms with E-state index >= 15 is 0 Å². The highest BCUT2D eigenvalue weighted by molar-refractivity contribution is 6.00. The van der Waals surface area contributed by atoms with Gasteiger partial charge in [-0.2, -0.15) is 8.78 Å². The molecule has 2 heterocycles.